The molecule has 15 heavy (non-hydrogen) atoms. The largest absolute Gasteiger partial charge is 0.393 e. The van der Waals surface area contributed by atoms with Crippen LogP contribution in [-0.4, -0.2) is 28.1 Å². The van der Waals surface area contributed by atoms with Crippen molar-refractivity contribution < 1.29 is 9.90 Å². The summed E-state index contributed by atoms with van der Waals surface area (Å²) in [5.74, 6) is -0.146. The molecule has 1 heterocycles. The molecule has 0 saturated heterocycles. The summed E-state index contributed by atoms with van der Waals surface area (Å²) in [5.41, 5.74) is 0.527. The topological polar surface area (TPSA) is 62.2 Å². The van der Waals surface area contributed by atoms with Crippen LogP contribution >= 0.6 is 15.9 Å². The first-order valence-electron chi connectivity index (χ1n) is 4.76. The van der Waals surface area contributed by atoms with Gasteiger partial charge in [-0.05, 0) is 40.9 Å². The van der Waals surface area contributed by atoms with Gasteiger partial charge >= 0.3 is 0 Å². The van der Waals surface area contributed by atoms with Crippen molar-refractivity contribution in [3.63, 3.8) is 0 Å². The highest BCUT2D eigenvalue weighted by Crippen LogP contribution is 2.20. The van der Waals surface area contributed by atoms with Crippen LogP contribution in [0.1, 0.15) is 23.2 Å². The normalized spacial score (nSPS) is 24.4. The van der Waals surface area contributed by atoms with Crippen molar-refractivity contribution in [1.29, 1.82) is 0 Å². The fraction of sp³-hybridized carbons (Fsp3) is 0.400. The lowest BCUT2D eigenvalue weighted by Crippen LogP contribution is -2.46. The maximum absolute atomic E-state index is 11.7. The van der Waals surface area contributed by atoms with Crippen LogP contribution < -0.4 is 5.32 Å². The summed E-state index contributed by atoms with van der Waals surface area (Å²) in [6.45, 7) is 0. The molecule has 2 rings (SSSR count). The Kier molecular flexibility index (Phi) is 3.02. The number of nitrogens with zero attached hydrogens (tertiary/aromatic N) is 1. The zero-order valence-corrected chi connectivity index (χ0v) is 9.57. The third kappa shape index (κ3) is 2.35. The molecule has 1 saturated carbocycles. The van der Waals surface area contributed by atoms with Crippen molar-refractivity contribution in [2.75, 3.05) is 0 Å². The van der Waals surface area contributed by atoms with Crippen LogP contribution in [0.2, 0.25) is 0 Å². The van der Waals surface area contributed by atoms with Gasteiger partial charge in [-0.1, -0.05) is 0 Å². The highest BCUT2D eigenvalue weighted by molar-refractivity contribution is 9.10. The molecule has 1 aromatic rings. The van der Waals surface area contributed by atoms with E-state index in [1.807, 2.05) is 0 Å². The monoisotopic (exact) mass is 270 g/mol. The van der Waals surface area contributed by atoms with Gasteiger partial charge in [0.25, 0.3) is 5.91 Å². The molecule has 2 N–H and O–H groups in total. The summed E-state index contributed by atoms with van der Waals surface area (Å²) in [7, 11) is 0. The van der Waals surface area contributed by atoms with E-state index in [2.05, 4.69) is 26.2 Å². The summed E-state index contributed by atoms with van der Waals surface area (Å²) in [4.78, 5) is 15.7. The Morgan fingerprint density at radius 1 is 1.60 bits per heavy atom. The van der Waals surface area contributed by atoms with E-state index < -0.39 is 0 Å². The maximum Gasteiger partial charge on any atom is 0.254 e. The first-order chi connectivity index (χ1) is 7.16. The quantitative estimate of drug-likeness (QED) is 0.792. The van der Waals surface area contributed by atoms with Gasteiger partial charge in [-0.2, -0.15) is 0 Å². The number of aromatic nitrogens is 1. The first-order valence-corrected chi connectivity index (χ1v) is 5.55. The molecule has 4 nitrogen and oxygen atoms in total. The molecule has 1 amide bonds. The van der Waals surface area contributed by atoms with Crippen LogP contribution in [0.15, 0.2) is 22.9 Å². The van der Waals surface area contributed by atoms with E-state index in [0.717, 1.165) is 0 Å². The molecular weight excluding hydrogens is 260 g/mol. The van der Waals surface area contributed by atoms with Crippen molar-refractivity contribution in [1.82, 2.24) is 10.3 Å². The lowest BCUT2D eigenvalue weighted by molar-refractivity contribution is 0.0562. The first kappa shape index (κ1) is 10.6. The van der Waals surface area contributed by atoms with Crippen molar-refractivity contribution >= 4 is 21.8 Å². The lowest BCUT2D eigenvalue weighted by atomic mass is 9.89. The maximum atomic E-state index is 11.7. The van der Waals surface area contributed by atoms with E-state index >= 15 is 0 Å². The Labute approximate surface area is 95.8 Å². The fourth-order valence-electron chi connectivity index (χ4n) is 1.52. The number of pyridine rings is 1. The molecular formula is C10H11BrN2O2. The van der Waals surface area contributed by atoms with Crippen LogP contribution in [0.4, 0.5) is 0 Å². The van der Waals surface area contributed by atoms with E-state index in [-0.39, 0.29) is 18.1 Å². The summed E-state index contributed by atoms with van der Waals surface area (Å²) in [5, 5.41) is 11.9. The van der Waals surface area contributed by atoms with Gasteiger partial charge in [0.2, 0.25) is 0 Å². The minimum atomic E-state index is -0.257. The number of aliphatic hydroxyl groups excluding tert-OH is 1. The predicted octanol–water partition coefficient (Wildman–Crippen LogP) is 1.10. The molecule has 0 aromatic carbocycles. The second kappa shape index (κ2) is 4.28. The number of nitrogens with one attached hydrogen (secondary N) is 1. The molecule has 0 bridgehead atoms. The Morgan fingerprint density at radius 3 is 2.93 bits per heavy atom. The molecule has 1 aliphatic carbocycles. The van der Waals surface area contributed by atoms with E-state index in [1.54, 1.807) is 18.3 Å². The average Bonchev–Trinajstić information content (AvgIpc) is 2.16. The van der Waals surface area contributed by atoms with Crippen LogP contribution in [0.25, 0.3) is 0 Å². The van der Waals surface area contributed by atoms with Crippen molar-refractivity contribution in [2.45, 2.75) is 25.0 Å². The molecule has 0 spiro atoms. The number of halogens is 1. The lowest BCUT2D eigenvalue weighted by Gasteiger charge is -2.31. The Bertz CT molecular complexity index is 377. The molecule has 0 atom stereocenters. The van der Waals surface area contributed by atoms with Gasteiger partial charge in [-0.15, -0.1) is 0 Å². The van der Waals surface area contributed by atoms with E-state index in [1.165, 1.54) is 0 Å². The minimum absolute atomic E-state index is 0.0969. The smallest absolute Gasteiger partial charge is 0.254 e. The molecule has 1 fully saturated rings. The fourth-order valence-corrected chi connectivity index (χ4v) is 1.95. The van der Waals surface area contributed by atoms with Crippen LogP contribution in [-0.2, 0) is 0 Å². The molecule has 1 aromatic heterocycles. The second-order valence-electron chi connectivity index (χ2n) is 3.64. The average molecular weight is 271 g/mol. The third-order valence-electron chi connectivity index (χ3n) is 2.45. The number of amides is 1. The number of carbonyl (C=O) groups excluding carboxylic acids is 1. The van der Waals surface area contributed by atoms with Crippen LogP contribution in [0, 0.1) is 0 Å². The van der Waals surface area contributed by atoms with Crippen molar-refractivity contribution in [2.24, 2.45) is 0 Å². The number of aliphatic hydroxyl groups is 1. The summed E-state index contributed by atoms with van der Waals surface area (Å²) >= 11 is 3.22. The van der Waals surface area contributed by atoms with E-state index in [9.17, 15) is 4.79 Å². The second-order valence-corrected chi connectivity index (χ2v) is 4.39. The van der Waals surface area contributed by atoms with Crippen molar-refractivity contribution in [3.05, 3.63) is 28.5 Å². The Hall–Kier alpha value is -0.940. The summed E-state index contributed by atoms with van der Waals surface area (Å²) < 4.78 is 0.544. The highest BCUT2D eigenvalue weighted by atomic mass is 79.9. The third-order valence-corrected chi connectivity index (χ3v) is 3.08. The highest BCUT2D eigenvalue weighted by Gasteiger charge is 2.28. The standard InChI is InChI=1S/C10H11BrN2O2/c11-9-8(2-1-3-12-9)10(15)13-6-4-7(14)5-6/h1-3,6-7,14H,4-5H2,(H,13,15). The van der Waals surface area contributed by atoms with Gasteiger partial charge in [0.1, 0.15) is 4.60 Å². The van der Waals surface area contributed by atoms with E-state index in [0.29, 0.717) is 23.0 Å². The van der Waals surface area contributed by atoms with E-state index in [4.69, 9.17) is 5.11 Å². The van der Waals surface area contributed by atoms with Gasteiger partial charge in [0, 0.05) is 12.2 Å². The number of hydrogen-bond acceptors (Lipinski definition) is 3. The summed E-state index contributed by atoms with van der Waals surface area (Å²) in [6, 6.07) is 3.52. The Morgan fingerprint density at radius 2 is 2.33 bits per heavy atom. The van der Waals surface area contributed by atoms with Gasteiger partial charge < -0.3 is 10.4 Å². The molecule has 0 radical (unpaired) electrons. The SMILES string of the molecule is O=C(NC1CC(O)C1)c1cccnc1Br. The van der Waals surface area contributed by atoms with Crippen molar-refractivity contribution in [3.8, 4) is 0 Å². The summed E-state index contributed by atoms with van der Waals surface area (Å²) in [6.07, 6.45) is 2.65. The Balaban J connectivity index is 1.99. The van der Waals surface area contributed by atoms with Crippen LogP contribution in [0.5, 0.6) is 0 Å². The predicted molar refractivity (Wildman–Crippen MR) is 58.4 cm³/mol. The number of hydrogen-bond donors (Lipinski definition) is 2. The molecule has 80 valence electrons. The zero-order valence-electron chi connectivity index (χ0n) is 7.98. The van der Waals surface area contributed by atoms with Crippen LogP contribution in [0.3, 0.4) is 0 Å². The molecule has 5 heteroatoms. The molecule has 0 unspecified atom stereocenters. The zero-order chi connectivity index (χ0) is 10.8. The van der Waals surface area contributed by atoms with Gasteiger partial charge in [-0.25, -0.2) is 4.98 Å². The van der Waals surface area contributed by atoms with Gasteiger partial charge in [0.15, 0.2) is 0 Å². The number of rotatable bonds is 2. The van der Waals surface area contributed by atoms with Gasteiger partial charge in [0.05, 0.1) is 11.7 Å². The molecule has 0 aliphatic heterocycles. The van der Waals surface area contributed by atoms with Gasteiger partial charge in [-0.3, -0.25) is 4.79 Å². The molecule has 1 aliphatic rings. The minimum Gasteiger partial charge on any atom is -0.393 e. The number of carbonyl (C=O) groups is 1.